The van der Waals surface area contributed by atoms with Gasteiger partial charge in [0.05, 0.1) is 5.41 Å². The van der Waals surface area contributed by atoms with Crippen LogP contribution in [0, 0.1) is 5.41 Å². The average Bonchev–Trinajstić information content (AvgIpc) is 2.59. The van der Waals surface area contributed by atoms with Crippen molar-refractivity contribution in [1.82, 2.24) is 5.32 Å². The summed E-state index contributed by atoms with van der Waals surface area (Å²) in [6, 6.07) is 6.14. The Labute approximate surface area is 132 Å². The molecule has 1 aliphatic heterocycles. The van der Waals surface area contributed by atoms with Gasteiger partial charge in [0, 0.05) is 24.7 Å². The molecule has 1 aromatic rings. The molecule has 1 heterocycles. The van der Waals surface area contributed by atoms with Crippen molar-refractivity contribution in [3.05, 3.63) is 29.3 Å². The van der Waals surface area contributed by atoms with Crippen LogP contribution in [0.25, 0.3) is 0 Å². The first-order chi connectivity index (χ1) is 10.0. The van der Waals surface area contributed by atoms with Gasteiger partial charge in [-0.1, -0.05) is 32.9 Å². The number of rotatable bonds is 3. The molecular weight excluding hydrogens is 276 g/mol. The highest BCUT2D eigenvalue weighted by Gasteiger charge is 2.42. The minimum atomic E-state index is -0.477. The van der Waals surface area contributed by atoms with E-state index in [1.807, 2.05) is 53.8 Å². The van der Waals surface area contributed by atoms with Gasteiger partial charge in [0.25, 0.3) is 0 Å². The summed E-state index contributed by atoms with van der Waals surface area (Å²) in [7, 11) is 1.82. The summed E-state index contributed by atoms with van der Waals surface area (Å²) in [5.41, 5.74) is 2.35. The number of carbonyl (C=O) groups excluding carboxylic acids is 2. The maximum atomic E-state index is 12.3. The predicted octanol–water partition coefficient (Wildman–Crippen LogP) is 2.65. The van der Waals surface area contributed by atoms with Crippen molar-refractivity contribution in [2.45, 2.75) is 46.5 Å². The van der Waals surface area contributed by atoms with E-state index in [2.05, 4.69) is 11.4 Å². The fraction of sp³-hybridized carbons (Fsp3) is 0.556. The molecule has 1 aromatic carbocycles. The molecule has 0 saturated carbocycles. The molecular formula is C18H26N2O2. The first kappa shape index (κ1) is 16.5. The number of amides is 2. The van der Waals surface area contributed by atoms with Crippen molar-refractivity contribution in [1.29, 1.82) is 0 Å². The molecule has 2 rings (SSSR count). The molecule has 2 amide bonds. The molecule has 0 saturated heterocycles. The molecule has 0 bridgehead atoms. The van der Waals surface area contributed by atoms with E-state index in [4.69, 9.17) is 0 Å². The molecule has 1 N–H and O–H groups in total. The number of carbonyl (C=O) groups is 2. The van der Waals surface area contributed by atoms with E-state index < -0.39 is 5.41 Å². The molecule has 1 aliphatic rings. The van der Waals surface area contributed by atoms with Crippen molar-refractivity contribution >= 4 is 17.5 Å². The first-order valence-electron chi connectivity index (χ1n) is 7.75. The number of hydrogen-bond acceptors (Lipinski definition) is 2. The Hall–Kier alpha value is -1.84. The number of hydrogen-bond donors (Lipinski definition) is 1. The third-order valence-corrected chi connectivity index (χ3v) is 4.32. The first-order valence-corrected chi connectivity index (χ1v) is 7.75. The van der Waals surface area contributed by atoms with Crippen molar-refractivity contribution in [3.63, 3.8) is 0 Å². The summed E-state index contributed by atoms with van der Waals surface area (Å²) in [5.74, 6) is 0.185. The zero-order valence-electron chi connectivity index (χ0n) is 14.4. The lowest BCUT2D eigenvalue weighted by atomic mass is 9.85. The van der Waals surface area contributed by atoms with Crippen LogP contribution in [0.15, 0.2) is 18.2 Å². The van der Waals surface area contributed by atoms with Crippen LogP contribution in [-0.4, -0.2) is 25.4 Å². The van der Waals surface area contributed by atoms with Crippen molar-refractivity contribution in [3.8, 4) is 0 Å². The quantitative estimate of drug-likeness (QED) is 0.933. The Morgan fingerprint density at radius 3 is 2.50 bits per heavy atom. The summed E-state index contributed by atoms with van der Waals surface area (Å²) in [4.78, 5) is 25.9. The minimum absolute atomic E-state index is 0.0592. The molecule has 4 nitrogen and oxygen atoms in total. The molecule has 22 heavy (non-hydrogen) atoms. The van der Waals surface area contributed by atoms with Crippen LogP contribution < -0.4 is 10.2 Å². The molecule has 4 heteroatoms. The smallest absolute Gasteiger partial charge is 0.236 e. The normalized spacial score (nSPS) is 16.6. The van der Waals surface area contributed by atoms with E-state index in [0.29, 0.717) is 6.54 Å². The maximum absolute atomic E-state index is 12.3. The molecule has 0 aromatic heterocycles. The van der Waals surface area contributed by atoms with Crippen LogP contribution in [-0.2, 0) is 21.4 Å². The van der Waals surface area contributed by atoms with Crippen LogP contribution in [0.2, 0.25) is 0 Å². The van der Waals surface area contributed by atoms with Gasteiger partial charge in [-0.3, -0.25) is 9.59 Å². The van der Waals surface area contributed by atoms with Gasteiger partial charge in [-0.05, 0) is 37.5 Å². The molecule has 120 valence electrons. The Morgan fingerprint density at radius 2 is 1.91 bits per heavy atom. The Morgan fingerprint density at radius 1 is 1.27 bits per heavy atom. The Kier molecular flexibility index (Phi) is 4.07. The molecule has 0 fully saturated rings. The van der Waals surface area contributed by atoms with Gasteiger partial charge in [-0.15, -0.1) is 0 Å². The number of likely N-dealkylation sites (N-methyl/N-ethyl adjacent to an activating group) is 1. The summed E-state index contributed by atoms with van der Waals surface area (Å²) in [6.45, 7) is 10.2. The fourth-order valence-corrected chi connectivity index (χ4v) is 2.76. The molecule has 0 aliphatic carbocycles. The SMILES string of the molecule is CN1C(=O)C(C)(C)c2cc(CCNC(=O)C(C)(C)C)ccc21. The fourth-order valence-electron chi connectivity index (χ4n) is 2.76. The number of anilines is 1. The molecule has 0 atom stereocenters. The second-order valence-corrected chi connectivity index (χ2v) is 7.60. The van der Waals surface area contributed by atoms with E-state index in [-0.39, 0.29) is 17.2 Å². The van der Waals surface area contributed by atoms with Gasteiger partial charge in [-0.25, -0.2) is 0 Å². The lowest BCUT2D eigenvalue weighted by Crippen LogP contribution is -2.35. The van der Waals surface area contributed by atoms with Crippen LogP contribution in [0.3, 0.4) is 0 Å². The highest BCUT2D eigenvalue weighted by atomic mass is 16.2. The van der Waals surface area contributed by atoms with E-state index in [9.17, 15) is 9.59 Å². The Balaban J connectivity index is 2.09. The number of fused-ring (bicyclic) bond motifs is 1. The second-order valence-electron chi connectivity index (χ2n) is 7.60. The number of nitrogens with one attached hydrogen (secondary N) is 1. The van der Waals surface area contributed by atoms with Gasteiger partial charge in [0.15, 0.2) is 0 Å². The van der Waals surface area contributed by atoms with Gasteiger partial charge >= 0.3 is 0 Å². The monoisotopic (exact) mass is 302 g/mol. The van der Waals surface area contributed by atoms with Crippen LogP contribution in [0.4, 0.5) is 5.69 Å². The zero-order chi connectivity index (χ0) is 16.7. The van der Waals surface area contributed by atoms with E-state index in [0.717, 1.165) is 23.2 Å². The third-order valence-electron chi connectivity index (χ3n) is 4.32. The van der Waals surface area contributed by atoms with E-state index in [1.54, 1.807) is 4.90 Å². The largest absolute Gasteiger partial charge is 0.355 e. The molecule has 0 radical (unpaired) electrons. The third kappa shape index (κ3) is 2.87. The average molecular weight is 302 g/mol. The topological polar surface area (TPSA) is 49.4 Å². The standard InChI is InChI=1S/C18H26N2O2/c1-17(2,3)15(21)19-10-9-12-7-8-14-13(11-12)18(4,5)16(22)20(14)6/h7-8,11H,9-10H2,1-6H3,(H,19,21). The molecule has 0 spiro atoms. The van der Waals surface area contributed by atoms with Crippen LogP contribution in [0.5, 0.6) is 0 Å². The lowest BCUT2D eigenvalue weighted by Gasteiger charge is -2.18. The zero-order valence-corrected chi connectivity index (χ0v) is 14.4. The van der Waals surface area contributed by atoms with Gasteiger partial charge in [0.1, 0.15) is 0 Å². The lowest BCUT2D eigenvalue weighted by molar-refractivity contribution is -0.128. The van der Waals surface area contributed by atoms with Crippen LogP contribution in [0.1, 0.15) is 45.7 Å². The molecule has 0 unspecified atom stereocenters. The highest BCUT2D eigenvalue weighted by Crippen LogP contribution is 2.41. The summed E-state index contributed by atoms with van der Waals surface area (Å²) in [6.07, 6.45) is 0.767. The minimum Gasteiger partial charge on any atom is -0.355 e. The van der Waals surface area contributed by atoms with Crippen molar-refractivity contribution in [2.75, 3.05) is 18.5 Å². The highest BCUT2D eigenvalue weighted by molar-refractivity contribution is 6.07. The van der Waals surface area contributed by atoms with E-state index >= 15 is 0 Å². The van der Waals surface area contributed by atoms with Gasteiger partial charge < -0.3 is 10.2 Å². The van der Waals surface area contributed by atoms with Crippen LogP contribution >= 0.6 is 0 Å². The number of benzene rings is 1. The summed E-state index contributed by atoms with van der Waals surface area (Å²) < 4.78 is 0. The summed E-state index contributed by atoms with van der Waals surface area (Å²) in [5, 5.41) is 2.96. The van der Waals surface area contributed by atoms with Crippen molar-refractivity contribution < 1.29 is 9.59 Å². The van der Waals surface area contributed by atoms with Crippen molar-refractivity contribution in [2.24, 2.45) is 5.41 Å². The van der Waals surface area contributed by atoms with Gasteiger partial charge in [0.2, 0.25) is 11.8 Å². The summed E-state index contributed by atoms with van der Waals surface area (Å²) >= 11 is 0. The van der Waals surface area contributed by atoms with E-state index in [1.165, 1.54) is 0 Å². The van der Waals surface area contributed by atoms with Gasteiger partial charge in [-0.2, -0.15) is 0 Å². The number of nitrogens with zero attached hydrogens (tertiary/aromatic N) is 1. The Bertz CT molecular complexity index is 612. The second kappa shape index (κ2) is 5.41. The maximum Gasteiger partial charge on any atom is 0.236 e. The predicted molar refractivity (Wildman–Crippen MR) is 89.0 cm³/mol.